The molecule has 1 atom stereocenters. The molecule has 1 fully saturated rings. The Hall–Kier alpha value is -3.17. The van der Waals surface area contributed by atoms with Crippen LogP contribution in [0.2, 0.25) is 15.1 Å². The van der Waals surface area contributed by atoms with Crippen molar-refractivity contribution in [1.29, 1.82) is 0 Å². The third-order valence-electron chi connectivity index (χ3n) is 5.34. The fourth-order valence-electron chi connectivity index (χ4n) is 3.65. The Balaban J connectivity index is 1.56. The number of hydrogen-bond donors (Lipinski definition) is 2. The summed E-state index contributed by atoms with van der Waals surface area (Å²) >= 11 is 23.5. The van der Waals surface area contributed by atoms with E-state index in [2.05, 4.69) is 10.7 Å². The van der Waals surface area contributed by atoms with Crippen molar-refractivity contribution in [2.75, 3.05) is 5.32 Å². The number of carbonyl (C=O) groups is 3. The lowest BCUT2D eigenvalue weighted by atomic mass is 10.1. The van der Waals surface area contributed by atoms with Crippen LogP contribution in [-0.4, -0.2) is 38.8 Å². The van der Waals surface area contributed by atoms with Gasteiger partial charge in [-0.05, 0) is 60.2 Å². The molecule has 3 amide bonds. The van der Waals surface area contributed by atoms with Gasteiger partial charge in [0.15, 0.2) is 5.11 Å². The predicted octanol–water partition coefficient (Wildman–Crippen LogP) is 5.32. The van der Waals surface area contributed by atoms with E-state index in [0.717, 1.165) is 5.56 Å². The molecule has 36 heavy (non-hydrogen) atoms. The van der Waals surface area contributed by atoms with Crippen LogP contribution in [0.15, 0.2) is 72.8 Å². The standard InChI is InChI=1S/C25H19Cl3N4O3S/c26-17-8-6-16(7-9-17)23(34)30-32-21(13-22(33)29-20-11-18(27)10-19(28)12-20)24(35)31(25(32)36)14-15-4-2-1-3-5-15/h1-12,21H,13-14H2,(H,29,33)(H,30,34). The molecule has 0 aliphatic carbocycles. The van der Waals surface area contributed by atoms with Gasteiger partial charge in [-0.3, -0.25) is 24.7 Å². The van der Waals surface area contributed by atoms with Crippen LogP contribution >= 0.6 is 47.0 Å². The second-order valence-corrected chi connectivity index (χ2v) is 9.61. The molecule has 0 radical (unpaired) electrons. The van der Waals surface area contributed by atoms with Crippen molar-refractivity contribution in [3.63, 3.8) is 0 Å². The maximum Gasteiger partial charge on any atom is 0.269 e. The zero-order valence-electron chi connectivity index (χ0n) is 18.6. The predicted molar refractivity (Wildman–Crippen MR) is 144 cm³/mol. The van der Waals surface area contributed by atoms with Crippen LogP contribution in [0.5, 0.6) is 0 Å². The highest BCUT2D eigenvalue weighted by molar-refractivity contribution is 7.80. The molecule has 3 aromatic rings. The molecule has 0 bridgehead atoms. The van der Waals surface area contributed by atoms with Crippen molar-refractivity contribution < 1.29 is 14.4 Å². The summed E-state index contributed by atoms with van der Waals surface area (Å²) in [4.78, 5) is 40.6. The zero-order chi connectivity index (χ0) is 25.8. The summed E-state index contributed by atoms with van der Waals surface area (Å²) in [5.74, 6) is -1.41. The highest BCUT2D eigenvalue weighted by atomic mass is 35.5. The molecule has 7 nitrogen and oxygen atoms in total. The molecule has 2 N–H and O–H groups in total. The smallest absolute Gasteiger partial charge is 0.269 e. The van der Waals surface area contributed by atoms with Crippen LogP contribution < -0.4 is 10.7 Å². The maximum absolute atomic E-state index is 13.4. The molecule has 184 valence electrons. The molecule has 0 aromatic heterocycles. The number of halogens is 3. The number of thiocarbonyl (C=S) groups is 1. The minimum atomic E-state index is -1.06. The molecule has 1 aliphatic heterocycles. The van der Waals surface area contributed by atoms with Gasteiger partial charge in [0.1, 0.15) is 6.04 Å². The summed E-state index contributed by atoms with van der Waals surface area (Å²) in [6.07, 6.45) is -0.282. The van der Waals surface area contributed by atoms with E-state index < -0.39 is 23.8 Å². The Morgan fingerprint density at radius 1 is 0.889 bits per heavy atom. The van der Waals surface area contributed by atoms with E-state index in [1.807, 2.05) is 30.3 Å². The summed E-state index contributed by atoms with van der Waals surface area (Å²) in [6.45, 7) is 0.188. The van der Waals surface area contributed by atoms with Gasteiger partial charge < -0.3 is 5.32 Å². The lowest BCUT2D eigenvalue weighted by Gasteiger charge is -2.24. The third-order valence-corrected chi connectivity index (χ3v) is 6.44. The van der Waals surface area contributed by atoms with Crippen molar-refractivity contribution in [1.82, 2.24) is 15.3 Å². The van der Waals surface area contributed by atoms with E-state index in [1.54, 1.807) is 24.3 Å². The van der Waals surface area contributed by atoms with Crippen molar-refractivity contribution in [2.24, 2.45) is 0 Å². The summed E-state index contributed by atoms with van der Waals surface area (Å²) in [5, 5.41) is 5.19. The molecule has 0 spiro atoms. The first-order chi connectivity index (χ1) is 17.2. The zero-order valence-corrected chi connectivity index (χ0v) is 21.7. The van der Waals surface area contributed by atoms with Gasteiger partial charge in [0.2, 0.25) is 5.91 Å². The number of hydrazine groups is 1. The van der Waals surface area contributed by atoms with E-state index in [0.29, 0.717) is 26.3 Å². The topological polar surface area (TPSA) is 81.8 Å². The van der Waals surface area contributed by atoms with E-state index in [1.165, 1.54) is 28.1 Å². The Morgan fingerprint density at radius 3 is 2.17 bits per heavy atom. The number of carbonyl (C=O) groups excluding carboxylic acids is 3. The minimum Gasteiger partial charge on any atom is -0.326 e. The minimum absolute atomic E-state index is 0.0785. The van der Waals surface area contributed by atoms with Crippen LogP contribution in [-0.2, 0) is 16.1 Å². The number of hydrogen-bond acceptors (Lipinski definition) is 4. The van der Waals surface area contributed by atoms with Gasteiger partial charge in [-0.15, -0.1) is 0 Å². The van der Waals surface area contributed by atoms with Crippen LogP contribution in [0.25, 0.3) is 0 Å². The molecule has 4 rings (SSSR count). The number of amides is 3. The largest absolute Gasteiger partial charge is 0.326 e. The molecule has 1 saturated heterocycles. The molecule has 0 saturated carbocycles. The number of anilines is 1. The molecular weight excluding hydrogens is 543 g/mol. The molecule has 1 heterocycles. The summed E-state index contributed by atoms with van der Waals surface area (Å²) in [6, 6.07) is 19.1. The van der Waals surface area contributed by atoms with Crippen LogP contribution in [0.4, 0.5) is 5.69 Å². The monoisotopic (exact) mass is 560 g/mol. The fraction of sp³-hybridized carbons (Fsp3) is 0.120. The SMILES string of the molecule is O=C(CC1C(=O)N(Cc2ccccc2)C(=S)N1NC(=O)c1ccc(Cl)cc1)Nc1cc(Cl)cc(Cl)c1. The van der Waals surface area contributed by atoms with Crippen molar-refractivity contribution in [3.8, 4) is 0 Å². The second kappa shape index (κ2) is 11.3. The number of rotatable bonds is 7. The Morgan fingerprint density at radius 2 is 1.53 bits per heavy atom. The van der Waals surface area contributed by atoms with Gasteiger partial charge in [-0.25, -0.2) is 5.01 Å². The number of nitrogens with zero attached hydrogens (tertiary/aromatic N) is 2. The molecule has 1 aliphatic rings. The normalized spacial score (nSPS) is 15.2. The van der Waals surface area contributed by atoms with Crippen molar-refractivity contribution in [2.45, 2.75) is 19.0 Å². The summed E-state index contributed by atoms with van der Waals surface area (Å²) in [5.41, 5.74) is 4.21. The Bertz CT molecular complexity index is 1300. The summed E-state index contributed by atoms with van der Waals surface area (Å²) < 4.78 is 0. The van der Waals surface area contributed by atoms with E-state index in [-0.39, 0.29) is 18.1 Å². The third kappa shape index (κ3) is 6.14. The Kier molecular flexibility index (Phi) is 8.11. The number of nitrogens with one attached hydrogen (secondary N) is 2. The molecule has 1 unspecified atom stereocenters. The first kappa shape index (κ1) is 25.9. The van der Waals surface area contributed by atoms with Gasteiger partial charge in [0.05, 0.1) is 13.0 Å². The average molecular weight is 562 g/mol. The fourth-order valence-corrected chi connectivity index (χ4v) is 4.63. The van der Waals surface area contributed by atoms with Crippen molar-refractivity contribution in [3.05, 3.63) is 99.0 Å². The van der Waals surface area contributed by atoms with Gasteiger partial charge in [0.25, 0.3) is 11.8 Å². The molecule has 11 heteroatoms. The van der Waals surface area contributed by atoms with Crippen LogP contribution in [0.1, 0.15) is 22.3 Å². The number of benzene rings is 3. The van der Waals surface area contributed by atoms with Gasteiger partial charge >= 0.3 is 0 Å². The van der Waals surface area contributed by atoms with Crippen LogP contribution in [0.3, 0.4) is 0 Å². The van der Waals surface area contributed by atoms with E-state index in [4.69, 9.17) is 47.0 Å². The average Bonchev–Trinajstić information content (AvgIpc) is 3.03. The lowest BCUT2D eigenvalue weighted by Crippen LogP contribution is -2.49. The summed E-state index contributed by atoms with van der Waals surface area (Å²) in [7, 11) is 0. The molecular formula is C25H19Cl3N4O3S. The highest BCUT2D eigenvalue weighted by Gasteiger charge is 2.44. The molecule has 3 aromatic carbocycles. The Labute approximate surface area is 227 Å². The van der Waals surface area contributed by atoms with Gasteiger partial charge in [0, 0.05) is 26.3 Å². The van der Waals surface area contributed by atoms with Crippen molar-refractivity contribution >= 4 is 75.5 Å². The first-order valence-electron chi connectivity index (χ1n) is 10.7. The van der Waals surface area contributed by atoms with Crippen LogP contribution in [0, 0.1) is 0 Å². The maximum atomic E-state index is 13.4. The quantitative estimate of drug-likeness (QED) is 0.382. The van der Waals surface area contributed by atoms with E-state index in [9.17, 15) is 14.4 Å². The first-order valence-corrected chi connectivity index (χ1v) is 12.3. The van der Waals surface area contributed by atoms with E-state index >= 15 is 0 Å². The lowest BCUT2D eigenvalue weighted by molar-refractivity contribution is -0.131. The second-order valence-electron chi connectivity index (χ2n) is 7.94. The van der Waals surface area contributed by atoms with Gasteiger partial charge in [-0.2, -0.15) is 0 Å². The van der Waals surface area contributed by atoms with Gasteiger partial charge in [-0.1, -0.05) is 65.1 Å². The highest BCUT2D eigenvalue weighted by Crippen LogP contribution is 2.25.